The van der Waals surface area contributed by atoms with Crippen LogP contribution in [0.4, 0.5) is 16.3 Å². The van der Waals surface area contributed by atoms with E-state index < -0.39 is 0 Å². The zero-order chi connectivity index (χ0) is 27.2. The Morgan fingerprint density at radius 1 is 0.868 bits per heavy atom. The molecule has 0 bridgehead atoms. The van der Waals surface area contributed by atoms with Crippen molar-refractivity contribution in [3.05, 3.63) is 95.2 Å². The molecule has 0 aliphatic heterocycles. The van der Waals surface area contributed by atoms with Crippen molar-refractivity contribution < 1.29 is 9.59 Å². The van der Waals surface area contributed by atoms with Crippen LogP contribution in [0.1, 0.15) is 35.7 Å². The molecular weight excluding hydrogens is 474 g/mol. The third-order valence-corrected chi connectivity index (χ3v) is 6.53. The number of hydrogen-bond acceptors (Lipinski definition) is 3. The van der Waals surface area contributed by atoms with Gasteiger partial charge in [0.15, 0.2) is 0 Å². The molecule has 0 fully saturated rings. The second-order valence-corrected chi connectivity index (χ2v) is 9.62. The molecule has 3 aromatic carbocycles. The van der Waals surface area contributed by atoms with Crippen LogP contribution in [-0.4, -0.2) is 39.7 Å². The fourth-order valence-electron chi connectivity index (χ4n) is 4.35. The van der Waals surface area contributed by atoms with Crippen LogP contribution in [0.15, 0.2) is 72.8 Å². The average Bonchev–Trinajstić information content (AvgIpc) is 3.22. The second kappa shape index (κ2) is 11.8. The van der Waals surface area contributed by atoms with Crippen LogP contribution in [0.3, 0.4) is 0 Å². The molecule has 38 heavy (non-hydrogen) atoms. The number of nitrogens with one attached hydrogen (secondary N) is 2. The molecule has 2 N–H and O–H groups in total. The van der Waals surface area contributed by atoms with E-state index >= 15 is 0 Å². The van der Waals surface area contributed by atoms with E-state index in [4.69, 9.17) is 5.10 Å². The van der Waals surface area contributed by atoms with E-state index in [0.717, 1.165) is 45.6 Å². The topological polar surface area (TPSA) is 79.3 Å². The Bertz CT molecular complexity index is 1420. The highest BCUT2D eigenvalue weighted by molar-refractivity contribution is 5.99. The molecule has 1 aromatic heterocycles. The lowest BCUT2D eigenvalue weighted by atomic mass is 10.1. The Hall–Kier alpha value is -4.39. The van der Waals surface area contributed by atoms with E-state index in [1.807, 2.05) is 107 Å². The van der Waals surface area contributed by atoms with Crippen LogP contribution in [0.5, 0.6) is 0 Å². The lowest BCUT2D eigenvalue weighted by Gasteiger charge is -2.22. The summed E-state index contributed by atoms with van der Waals surface area (Å²) in [5, 5.41) is 10.8. The highest BCUT2D eigenvalue weighted by Gasteiger charge is 2.23. The minimum absolute atomic E-state index is 0.0864. The van der Waals surface area contributed by atoms with Gasteiger partial charge in [-0.2, -0.15) is 5.10 Å². The number of amides is 3. The molecule has 3 amide bonds. The van der Waals surface area contributed by atoms with Crippen LogP contribution >= 0.6 is 0 Å². The number of carbonyl (C=O) groups excluding carboxylic acids is 2. The van der Waals surface area contributed by atoms with E-state index in [0.29, 0.717) is 18.1 Å². The van der Waals surface area contributed by atoms with Crippen molar-refractivity contribution in [3.63, 3.8) is 0 Å². The minimum atomic E-state index is -0.309. The Kier molecular flexibility index (Phi) is 8.26. The quantitative estimate of drug-likeness (QED) is 0.279. The molecule has 0 aliphatic carbocycles. The van der Waals surface area contributed by atoms with Gasteiger partial charge in [-0.05, 0) is 75.1 Å². The largest absolute Gasteiger partial charge is 0.322 e. The lowest BCUT2D eigenvalue weighted by Crippen LogP contribution is -2.41. The van der Waals surface area contributed by atoms with Gasteiger partial charge in [-0.15, -0.1) is 0 Å². The molecule has 196 valence electrons. The summed E-state index contributed by atoms with van der Waals surface area (Å²) in [5.41, 5.74) is 7.53. The summed E-state index contributed by atoms with van der Waals surface area (Å²) >= 11 is 0. The first-order valence-electron chi connectivity index (χ1n) is 12.9. The minimum Gasteiger partial charge on any atom is -0.315 e. The number of anilines is 2. The molecule has 7 heteroatoms. The number of benzene rings is 3. The molecule has 4 aromatic rings. The predicted molar refractivity (Wildman–Crippen MR) is 154 cm³/mol. The van der Waals surface area contributed by atoms with Crippen LogP contribution in [0.25, 0.3) is 16.8 Å². The first-order valence-corrected chi connectivity index (χ1v) is 12.9. The zero-order valence-electron chi connectivity index (χ0n) is 22.7. The smallest absolute Gasteiger partial charge is 0.315 e. The maximum absolute atomic E-state index is 13.4. The molecule has 0 unspecified atom stereocenters. The standard InChI is InChI=1S/C31H35N5O2/c1-6-18-35(31(38)32-26-15-14-22(3)23(4)19-26)20-28(37)33-30-29(25-10-8-7-9-11-25)24(5)34-36(30)27-16-12-21(2)13-17-27/h7-17,19H,6,18,20H2,1-5H3,(H,32,38)(H,33,37). The first kappa shape index (κ1) is 26.7. The SMILES string of the molecule is CCCN(CC(=O)Nc1c(-c2ccccc2)c(C)nn1-c1ccc(C)cc1)C(=O)Nc1ccc(C)c(C)c1. The van der Waals surface area contributed by atoms with Gasteiger partial charge >= 0.3 is 6.03 Å². The van der Waals surface area contributed by atoms with Crippen LogP contribution in [-0.2, 0) is 4.79 Å². The third kappa shape index (κ3) is 6.11. The van der Waals surface area contributed by atoms with Crippen LogP contribution < -0.4 is 10.6 Å². The van der Waals surface area contributed by atoms with Gasteiger partial charge in [-0.25, -0.2) is 9.48 Å². The molecule has 0 spiro atoms. The maximum atomic E-state index is 13.4. The second-order valence-electron chi connectivity index (χ2n) is 9.62. The molecule has 1 heterocycles. The fraction of sp³-hybridized carbons (Fsp3) is 0.258. The zero-order valence-corrected chi connectivity index (χ0v) is 22.7. The molecule has 7 nitrogen and oxygen atoms in total. The lowest BCUT2D eigenvalue weighted by molar-refractivity contribution is -0.116. The molecule has 0 saturated carbocycles. The van der Waals surface area contributed by atoms with Gasteiger partial charge < -0.3 is 15.5 Å². The van der Waals surface area contributed by atoms with E-state index in [-0.39, 0.29) is 18.5 Å². The van der Waals surface area contributed by atoms with Crippen molar-refractivity contribution in [2.75, 3.05) is 23.7 Å². The Morgan fingerprint density at radius 3 is 2.24 bits per heavy atom. The van der Waals surface area contributed by atoms with Crippen molar-refractivity contribution in [2.24, 2.45) is 0 Å². The third-order valence-electron chi connectivity index (χ3n) is 6.53. The van der Waals surface area contributed by atoms with E-state index in [9.17, 15) is 9.59 Å². The van der Waals surface area contributed by atoms with E-state index in [1.54, 1.807) is 4.68 Å². The average molecular weight is 510 g/mol. The summed E-state index contributed by atoms with van der Waals surface area (Å²) in [7, 11) is 0. The van der Waals surface area contributed by atoms with E-state index in [1.165, 1.54) is 4.90 Å². The Balaban J connectivity index is 1.61. The van der Waals surface area contributed by atoms with Crippen molar-refractivity contribution in [1.29, 1.82) is 0 Å². The predicted octanol–water partition coefficient (Wildman–Crippen LogP) is 6.66. The van der Waals surface area contributed by atoms with Crippen LogP contribution in [0, 0.1) is 27.7 Å². The fourth-order valence-corrected chi connectivity index (χ4v) is 4.35. The summed E-state index contributed by atoms with van der Waals surface area (Å²) in [6.07, 6.45) is 0.725. The van der Waals surface area contributed by atoms with Gasteiger partial charge in [-0.1, -0.05) is 61.0 Å². The monoisotopic (exact) mass is 509 g/mol. The number of hydrogen-bond donors (Lipinski definition) is 2. The number of aromatic nitrogens is 2. The Morgan fingerprint density at radius 2 is 1.58 bits per heavy atom. The summed E-state index contributed by atoms with van der Waals surface area (Å²) < 4.78 is 1.76. The molecule has 0 atom stereocenters. The maximum Gasteiger partial charge on any atom is 0.322 e. The highest BCUT2D eigenvalue weighted by atomic mass is 16.2. The molecule has 4 rings (SSSR count). The highest BCUT2D eigenvalue weighted by Crippen LogP contribution is 2.33. The summed E-state index contributed by atoms with van der Waals surface area (Å²) in [6.45, 7) is 10.3. The summed E-state index contributed by atoms with van der Waals surface area (Å²) in [6, 6.07) is 23.3. The number of nitrogens with zero attached hydrogens (tertiary/aromatic N) is 3. The van der Waals surface area contributed by atoms with Gasteiger partial charge in [0, 0.05) is 17.8 Å². The van der Waals surface area contributed by atoms with Crippen molar-refractivity contribution in [2.45, 2.75) is 41.0 Å². The molecule has 0 saturated heterocycles. The number of carbonyl (C=O) groups is 2. The first-order chi connectivity index (χ1) is 18.3. The van der Waals surface area contributed by atoms with Gasteiger partial charge in [0.1, 0.15) is 12.4 Å². The molecular formula is C31H35N5O2. The van der Waals surface area contributed by atoms with Crippen LogP contribution in [0.2, 0.25) is 0 Å². The van der Waals surface area contributed by atoms with Crippen molar-refractivity contribution in [3.8, 4) is 16.8 Å². The van der Waals surface area contributed by atoms with Crippen molar-refractivity contribution in [1.82, 2.24) is 14.7 Å². The molecule has 0 radical (unpaired) electrons. The summed E-state index contributed by atoms with van der Waals surface area (Å²) in [4.78, 5) is 28.1. The number of urea groups is 1. The number of rotatable bonds is 8. The molecule has 0 aliphatic rings. The summed E-state index contributed by atoms with van der Waals surface area (Å²) in [5.74, 6) is 0.285. The van der Waals surface area contributed by atoms with Gasteiger partial charge in [0.25, 0.3) is 0 Å². The Labute approximate surface area is 224 Å². The van der Waals surface area contributed by atoms with Gasteiger partial charge in [0.05, 0.1) is 11.4 Å². The number of aryl methyl sites for hydroxylation is 4. The van der Waals surface area contributed by atoms with E-state index in [2.05, 4.69) is 10.6 Å². The van der Waals surface area contributed by atoms with Gasteiger partial charge in [0.2, 0.25) is 5.91 Å². The van der Waals surface area contributed by atoms with Gasteiger partial charge in [-0.3, -0.25) is 4.79 Å². The normalized spacial score (nSPS) is 10.8. The van der Waals surface area contributed by atoms with Crippen molar-refractivity contribution >= 4 is 23.4 Å².